The summed E-state index contributed by atoms with van der Waals surface area (Å²) < 4.78 is 5.25. The van der Waals surface area contributed by atoms with Gasteiger partial charge in [-0.25, -0.2) is 4.79 Å². The van der Waals surface area contributed by atoms with Crippen LogP contribution in [-0.4, -0.2) is 30.4 Å². The lowest BCUT2D eigenvalue weighted by Gasteiger charge is -2.31. The minimum Gasteiger partial charge on any atom is -0.423 e. The first-order valence-corrected chi connectivity index (χ1v) is 8.56. The highest BCUT2D eigenvalue weighted by molar-refractivity contribution is 5.96. The maximum Gasteiger partial charge on any atom is 0.336 e. The summed E-state index contributed by atoms with van der Waals surface area (Å²) in [5.74, 6) is 0.106. The Kier molecular flexibility index (Phi) is 4.71. The SMILES string of the molecule is CCN1CCCC(C(=O)Nc2cc3c(C)cc(=O)oc3cc2C)C1. The van der Waals surface area contributed by atoms with Crippen LogP contribution in [0.2, 0.25) is 0 Å². The summed E-state index contributed by atoms with van der Waals surface area (Å²) >= 11 is 0. The monoisotopic (exact) mass is 328 g/mol. The topological polar surface area (TPSA) is 62.6 Å². The van der Waals surface area contributed by atoms with Crippen molar-refractivity contribution in [2.45, 2.75) is 33.6 Å². The van der Waals surface area contributed by atoms with E-state index in [1.165, 1.54) is 6.07 Å². The Bertz CT molecular complexity index is 825. The second-order valence-corrected chi connectivity index (χ2v) is 6.63. The number of amides is 1. The molecule has 0 spiro atoms. The Morgan fingerprint density at radius 2 is 2.08 bits per heavy atom. The molecule has 0 aliphatic carbocycles. The molecule has 0 radical (unpaired) electrons. The molecule has 5 heteroatoms. The summed E-state index contributed by atoms with van der Waals surface area (Å²) in [5, 5.41) is 3.93. The lowest BCUT2D eigenvalue weighted by molar-refractivity contribution is -0.121. The van der Waals surface area contributed by atoms with Crippen molar-refractivity contribution in [3.63, 3.8) is 0 Å². The molecule has 1 amide bonds. The zero-order valence-corrected chi connectivity index (χ0v) is 14.5. The molecule has 2 aromatic rings. The number of hydrogen-bond acceptors (Lipinski definition) is 4. The van der Waals surface area contributed by atoms with Gasteiger partial charge in [-0.3, -0.25) is 4.79 Å². The Hall–Kier alpha value is -2.14. The largest absolute Gasteiger partial charge is 0.423 e. The van der Waals surface area contributed by atoms with Crippen molar-refractivity contribution < 1.29 is 9.21 Å². The van der Waals surface area contributed by atoms with Crippen molar-refractivity contribution in [3.05, 3.63) is 39.7 Å². The van der Waals surface area contributed by atoms with Crippen LogP contribution in [0.4, 0.5) is 5.69 Å². The van der Waals surface area contributed by atoms with Crippen molar-refractivity contribution in [1.82, 2.24) is 4.90 Å². The maximum atomic E-state index is 12.6. The molecule has 24 heavy (non-hydrogen) atoms. The summed E-state index contributed by atoms with van der Waals surface area (Å²) in [6.07, 6.45) is 2.00. The molecule has 1 aliphatic heterocycles. The van der Waals surface area contributed by atoms with Crippen LogP contribution in [0.1, 0.15) is 30.9 Å². The second-order valence-electron chi connectivity index (χ2n) is 6.63. The number of carbonyl (C=O) groups excluding carboxylic acids is 1. The molecule has 1 saturated heterocycles. The van der Waals surface area contributed by atoms with E-state index in [1.807, 2.05) is 26.0 Å². The minimum absolute atomic E-state index is 0.0311. The Balaban J connectivity index is 1.85. The molecule has 1 atom stereocenters. The van der Waals surface area contributed by atoms with Crippen LogP contribution in [0.15, 0.2) is 27.4 Å². The van der Waals surface area contributed by atoms with Crippen molar-refractivity contribution in [1.29, 1.82) is 0 Å². The number of hydrogen-bond donors (Lipinski definition) is 1. The van der Waals surface area contributed by atoms with E-state index in [0.717, 1.165) is 54.7 Å². The number of rotatable bonds is 3. The zero-order valence-electron chi connectivity index (χ0n) is 14.5. The van der Waals surface area contributed by atoms with Crippen LogP contribution >= 0.6 is 0 Å². The Morgan fingerprint density at radius 3 is 2.83 bits per heavy atom. The lowest BCUT2D eigenvalue weighted by atomic mass is 9.96. The fourth-order valence-corrected chi connectivity index (χ4v) is 3.39. The van der Waals surface area contributed by atoms with Gasteiger partial charge in [0.25, 0.3) is 0 Å². The van der Waals surface area contributed by atoms with Gasteiger partial charge in [0, 0.05) is 23.7 Å². The number of aryl methyl sites for hydroxylation is 2. The highest BCUT2D eigenvalue weighted by atomic mass is 16.4. The fraction of sp³-hybridized carbons (Fsp3) is 0.474. The molecule has 128 valence electrons. The first-order valence-electron chi connectivity index (χ1n) is 8.56. The van der Waals surface area contributed by atoms with Crippen molar-refractivity contribution in [3.8, 4) is 0 Å². The number of benzene rings is 1. The molecule has 1 fully saturated rings. The first kappa shape index (κ1) is 16.7. The normalized spacial score (nSPS) is 18.7. The number of carbonyl (C=O) groups is 1. The van der Waals surface area contributed by atoms with Crippen molar-refractivity contribution in [2.24, 2.45) is 5.92 Å². The Labute approximate surface area is 141 Å². The Morgan fingerprint density at radius 1 is 1.29 bits per heavy atom. The average molecular weight is 328 g/mol. The van der Waals surface area contributed by atoms with Gasteiger partial charge in [-0.15, -0.1) is 0 Å². The van der Waals surface area contributed by atoms with Gasteiger partial charge >= 0.3 is 5.63 Å². The smallest absolute Gasteiger partial charge is 0.336 e. The number of fused-ring (bicyclic) bond motifs is 1. The van der Waals surface area contributed by atoms with Crippen LogP contribution in [0.25, 0.3) is 11.0 Å². The summed E-state index contributed by atoms with van der Waals surface area (Å²) in [4.78, 5) is 26.5. The maximum absolute atomic E-state index is 12.6. The van der Waals surface area contributed by atoms with E-state index in [9.17, 15) is 9.59 Å². The van der Waals surface area contributed by atoms with E-state index in [2.05, 4.69) is 17.1 Å². The molecule has 2 heterocycles. The van der Waals surface area contributed by atoms with Gasteiger partial charge in [-0.1, -0.05) is 6.92 Å². The van der Waals surface area contributed by atoms with Crippen LogP contribution in [0, 0.1) is 19.8 Å². The first-order chi connectivity index (χ1) is 11.5. The summed E-state index contributed by atoms with van der Waals surface area (Å²) in [6.45, 7) is 8.80. The molecule has 1 unspecified atom stereocenters. The van der Waals surface area contributed by atoms with Crippen LogP contribution in [0.5, 0.6) is 0 Å². The molecule has 0 saturated carbocycles. The molecule has 0 bridgehead atoms. The van der Waals surface area contributed by atoms with Gasteiger partial charge in [0.15, 0.2) is 0 Å². The van der Waals surface area contributed by atoms with Gasteiger partial charge in [0.2, 0.25) is 5.91 Å². The number of piperidine rings is 1. The summed E-state index contributed by atoms with van der Waals surface area (Å²) in [5.41, 5.74) is 2.75. The van der Waals surface area contributed by atoms with Crippen LogP contribution in [0.3, 0.4) is 0 Å². The van der Waals surface area contributed by atoms with E-state index in [-0.39, 0.29) is 17.5 Å². The van der Waals surface area contributed by atoms with E-state index >= 15 is 0 Å². The van der Waals surface area contributed by atoms with Crippen LogP contribution < -0.4 is 10.9 Å². The summed E-state index contributed by atoms with van der Waals surface area (Å²) in [7, 11) is 0. The molecule has 1 aliphatic rings. The standard InChI is InChI=1S/C19H24N2O3/c1-4-21-7-5-6-14(11-21)19(23)20-16-10-15-12(2)9-18(22)24-17(15)8-13(16)3/h8-10,14H,4-7,11H2,1-3H3,(H,20,23). The van der Waals surface area contributed by atoms with E-state index in [0.29, 0.717) is 5.58 Å². The van der Waals surface area contributed by atoms with E-state index in [1.54, 1.807) is 0 Å². The number of likely N-dealkylation sites (tertiary alicyclic amines) is 1. The lowest BCUT2D eigenvalue weighted by Crippen LogP contribution is -2.40. The third-order valence-electron chi connectivity index (χ3n) is 4.88. The molecule has 1 N–H and O–H groups in total. The number of nitrogens with one attached hydrogen (secondary N) is 1. The van der Waals surface area contributed by atoms with Crippen molar-refractivity contribution >= 4 is 22.6 Å². The van der Waals surface area contributed by atoms with E-state index in [4.69, 9.17) is 4.42 Å². The number of anilines is 1. The number of nitrogens with zero attached hydrogens (tertiary/aromatic N) is 1. The molecular formula is C19H24N2O3. The molecule has 5 nitrogen and oxygen atoms in total. The third-order valence-corrected chi connectivity index (χ3v) is 4.88. The van der Waals surface area contributed by atoms with E-state index < -0.39 is 0 Å². The minimum atomic E-state index is -0.349. The van der Waals surface area contributed by atoms with Gasteiger partial charge in [0.05, 0.1) is 5.92 Å². The zero-order chi connectivity index (χ0) is 17.3. The molecule has 1 aromatic carbocycles. The highest BCUT2D eigenvalue weighted by Crippen LogP contribution is 2.26. The second kappa shape index (κ2) is 6.77. The third kappa shape index (κ3) is 3.36. The molecule has 3 rings (SSSR count). The van der Waals surface area contributed by atoms with Gasteiger partial charge in [-0.2, -0.15) is 0 Å². The predicted molar refractivity (Wildman–Crippen MR) is 95.4 cm³/mol. The molecule has 1 aromatic heterocycles. The quantitative estimate of drug-likeness (QED) is 0.880. The average Bonchev–Trinajstić information content (AvgIpc) is 2.56. The molecular weight excluding hydrogens is 304 g/mol. The summed E-state index contributed by atoms with van der Waals surface area (Å²) in [6, 6.07) is 5.20. The van der Waals surface area contributed by atoms with Gasteiger partial charge in [0.1, 0.15) is 5.58 Å². The van der Waals surface area contributed by atoms with Gasteiger partial charge < -0.3 is 14.6 Å². The van der Waals surface area contributed by atoms with Gasteiger partial charge in [-0.05, 0) is 63.0 Å². The predicted octanol–water partition coefficient (Wildman–Crippen LogP) is 3.08. The highest BCUT2D eigenvalue weighted by Gasteiger charge is 2.25. The van der Waals surface area contributed by atoms with Crippen molar-refractivity contribution in [2.75, 3.05) is 25.0 Å². The van der Waals surface area contributed by atoms with Crippen LogP contribution in [-0.2, 0) is 4.79 Å². The fourth-order valence-electron chi connectivity index (χ4n) is 3.39.